The lowest BCUT2D eigenvalue weighted by Gasteiger charge is -2.52. The van der Waals surface area contributed by atoms with E-state index < -0.39 is 0 Å². The molecule has 0 aliphatic heterocycles. The van der Waals surface area contributed by atoms with Gasteiger partial charge in [-0.05, 0) is 42.9 Å². The third kappa shape index (κ3) is 1.66. The fourth-order valence-corrected chi connectivity index (χ4v) is 3.59. The fraction of sp³-hybridized carbons (Fsp3) is 0.786. The molecule has 0 saturated heterocycles. The van der Waals surface area contributed by atoms with Crippen molar-refractivity contribution in [1.82, 2.24) is 0 Å². The summed E-state index contributed by atoms with van der Waals surface area (Å²) in [5.41, 5.74) is 1.66. The van der Waals surface area contributed by atoms with E-state index in [4.69, 9.17) is 0 Å². The largest absolute Gasteiger partial charge is 0.303 e. The molecular formula is C14H22O. The average molecular weight is 206 g/mol. The Kier molecular flexibility index (Phi) is 2.33. The Morgan fingerprint density at radius 1 is 1.40 bits per heavy atom. The smallest absolute Gasteiger partial charge is 0.126 e. The lowest BCUT2D eigenvalue weighted by molar-refractivity contribution is -0.115. The maximum atomic E-state index is 11.1. The quantitative estimate of drug-likeness (QED) is 0.473. The van der Waals surface area contributed by atoms with Crippen molar-refractivity contribution in [2.24, 2.45) is 22.7 Å². The standard InChI is InChI=1S/C14H22O/c1-10-7-14(4,9-15)6-5-12-11(10)8-13(12,2)3/h9,11-12H,1,5-8H2,2-4H3/t11-,12-,14+/m1/s1. The van der Waals surface area contributed by atoms with Gasteiger partial charge in [0.1, 0.15) is 6.29 Å². The van der Waals surface area contributed by atoms with E-state index in [9.17, 15) is 4.79 Å². The van der Waals surface area contributed by atoms with Crippen LogP contribution in [0.25, 0.3) is 0 Å². The molecule has 0 spiro atoms. The zero-order valence-corrected chi connectivity index (χ0v) is 10.2. The second-order valence-corrected chi connectivity index (χ2v) is 6.55. The van der Waals surface area contributed by atoms with Crippen molar-refractivity contribution < 1.29 is 4.79 Å². The SMILES string of the molecule is C=C1C[C@@](C)(C=O)CC[C@@H]2[C@@H]1CC2(C)C. The molecule has 2 aliphatic rings. The van der Waals surface area contributed by atoms with Gasteiger partial charge in [-0.15, -0.1) is 0 Å². The van der Waals surface area contributed by atoms with Crippen LogP contribution in [0.5, 0.6) is 0 Å². The third-order valence-electron chi connectivity index (χ3n) is 4.70. The van der Waals surface area contributed by atoms with E-state index >= 15 is 0 Å². The summed E-state index contributed by atoms with van der Waals surface area (Å²) < 4.78 is 0. The van der Waals surface area contributed by atoms with Crippen molar-refractivity contribution >= 4 is 6.29 Å². The fourth-order valence-electron chi connectivity index (χ4n) is 3.59. The number of allylic oxidation sites excluding steroid dienone is 1. The molecule has 0 aromatic carbocycles. The van der Waals surface area contributed by atoms with E-state index in [2.05, 4.69) is 27.4 Å². The summed E-state index contributed by atoms with van der Waals surface area (Å²) in [6.07, 6.45) is 5.57. The van der Waals surface area contributed by atoms with Crippen LogP contribution >= 0.6 is 0 Å². The molecule has 0 radical (unpaired) electrons. The Morgan fingerprint density at radius 2 is 2.07 bits per heavy atom. The molecule has 0 amide bonds. The maximum Gasteiger partial charge on any atom is 0.126 e. The summed E-state index contributed by atoms with van der Waals surface area (Å²) in [6, 6.07) is 0. The van der Waals surface area contributed by atoms with Crippen molar-refractivity contribution in [3.8, 4) is 0 Å². The van der Waals surface area contributed by atoms with E-state index in [1.54, 1.807) is 0 Å². The van der Waals surface area contributed by atoms with E-state index in [0.717, 1.165) is 25.0 Å². The summed E-state index contributed by atoms with van der Waals surface area (Å²) in [7, 11) is 0. The normalized spacial score (nSPS) is 43.8. The number of rotatable bonds is 1. The van der Waals surface area contributed by atoms with Crippen molar-refractivity contribution in [3.05, 3.63) is 12.2 Å². The van der Waals surface area contributed by atoms with Crippen LogP contribution in [-0.4, -0.2) is 6.29 Å². The Balaban J connectivity index is 2.19. The molecule has 2 saturated carbocycles. The molecule has 84 valence electrons. The van der Waals surface area contributed by atoms with E-state index in [0.29, 0.717) is 11.3 Å². The minimum atomic E-state index is -0.134. The van der Waals surface area contributed by atoms with Gasteiger partial charge in [-0.2, -0.15) is 0 Å². The number of carbonyl (C=O) groups is 1. The molecular weight excluding hydrogens is 184 g/mol. The van der Waals surface area contributed by atoms with Crippen molar-refractivity contribution in [1.29, 1.82) is 0 Å². The Labute approximate surface area is 92.9 Å². The summed E-state index contributed by atoms with van der Waals surface area (Å²) in [4.78, 5) is 11.1. The first-order chi connectivity index (χ1) is 6.88. The summed E-state index contributed by atoms with van der Waals surface area (Å²) in [5, 5.41) is 0. The first kappa shape index (κ1) is 10.9. The van der Waals surface area contributed by atoms with Gasteiger partial charge in [0.15, 0.2) is 0 Å². The first-order valence-corrected chi connectivity index (χ1v) is 6.02. The van der Waals surface area contributed by atoms with Crippen LogP contribution in [-0.2, 0) is 4.79 Å². The lowest BCUT2D eigenvalue weighted by Crippen LogP contribution is -2.43. The van der Waals surface area contributed by atoms with Crippen LogP contribution in [0.4, 0.5) is 0 Å². The van der Waals surface area contributed by atoms with Crippen molar-refractivity contribution in [2.45, 2.75) is 46.5 Å². The Hall–Kier alpha value is -0.590. The highest BCUT2D eigenvalue weighted by molar-refractivity contribution is 5.59. The summed E-state index contributed by atoms with van der Waals surface area (Å²) >= 11 is 0. The molecule has 0 unspecified atom stereocenters. The van der Waals surface area contributed by atoms with Crippen LogP contribution in [0.15, 0.2) is 12.2 Å². The second-order valence-electron chi connectivity index (χ2n) is 6.55. The number of hydrogen-bond donors (Lipinski definition) is 0. The number of aldehydes is 1. The molecule has 3 atom stereocenters. The number of fused-ring (bicyclic) bond motifs is 1. The van der Waals surface area contributed by atoms with Gasteiger partial charge in [0, 0.05) is 5.41 Å². The lowest BCUT2D eigenvalue weighted by atomic mass is 9.53. The minimum Gasteiger partial charge on any atom is -0.303 e. The van der Waals surface area contributed by atoms with Gasteiger partial charge in [0.25, 0.3) is 0 Å². The van der Waals surface area contributed by atoms with Gasteiger partial charge in [0.2, 0.25) is 0 Å². The molecule has 2 aliphatic carbocycles. The summed E-state index contributed by atoms with van der Waals surface area (Å²) in [6.45, 7) is 11.0. The second kappa shape index (κ2) is 3.20. The Morgan fingerprint density at radius 3 is 2.60 bits per heavy atom. The van der Waals surface area contributed by atoms with Gasteiger partial charge >= 0.3 is 0 Å². The van der Waals surface area contributed by atoms with Gasteiger partial charge < -0.3 is 4.79 Å². The monoisotopic (exact) mass is 206 g/mol. The highest BCUT2D eigenvalue weighted by Gasteiger charge is 2.50. The first-order valence-electron chi connectivity index (χ1n) is 6.02. The number of hydrogen-bond acceptors (Lipinski definition) is 1. The zero-order valence-electron chi connectivity index (χ0n) is 10.2. The molecule has 0 heterocycles. The van der Waals surface area contributed by atoms with Gasteiger partial charge in [-0.1, -0.05) is 32.9 Å². The average Bonchev–Trinajstić information content (AvgIpc) is 2.23. The van der Waals surface area contributed by atoms with Crippen molar-refractivity contribution in [2.75, 3.05) is 0 Å². The van der Waals surface area contributed by atoms with Crippen LogP contribution < -0.4 is 0 Å². The van der Waals surface area contributed by atoms with Gasteiger partial charge in [0.05, 0.1) is 0 Å². The molecule has 0 N–H and O–H groups in total. The minimum absolute atomic E-state index is 0.134. The predicted molar refractivity (Wildman–Crippen MR) is 62.5 cm³/mol. The zero-order chi connectivity index (χ0) is 11.3. The van der Waals surface area contributed by atoms with Gasteiger partial charge in [-0.25, -0.2) is 0 Å². The molecule has 1 heteroatoms. The van der Waals surface area contributed by atoms with Crippen molar-refractivity contribution in [3.63, 3.8) is 0 Å². The van der Waals surface area contributed by atoms with Crippen LogP contribution in [0, 0.1) is 22.7 Å². The summed E-state index contributed by atoms with van der Waals surface area (Å²) in [5.74, 6) is 1.47. The predicted octanol–water partition coefficient (Wildman–Crippen LogP) is 3.59. The molecule has 0 aromatic rings. The maximum absolute atomic E-state index is 11.1. The van der Waals surface area contributed by atoms with Crippen LogP contribution in [0.3, 0.4) is 0 Å². The molecule has 0 aromatic heterocycles. The Bertz CT molecular complexity index is 302. The van der Waals surface area contributed by atoms with Crippen LogP contribution in [0.1, 0.15) is 46.5 Å². The molecule has 2 fully saturated rings. The number of carbonyl (C=O) groups excluding carboxylic acids is 1. The highest BCUT2D eigenvalue weighted by atomic mass is 16.1. The molecule has 0 bridgehead atoms. The van der Waals surface area contributed by atoms with Gasteiger partial charge in [-0.3, -0.25) is 0 Å². The molecule has 2 rings (SSSR count). The van der Waals surface area contributed by atoms with Crippen LogP contribution in [0.2, 0.25) is 0 Å². The highest BCUT2D eigenvalue weighted by Crippen LogP contribution is 2.59. The van der Waals surface area contributed by atoms with E-state index in [1.165, 1.54) is 18.4 Å². The molecule has 1 nitrogen and oxygen atoms in total. The van der Waals surface area contributed by atoms with E-state index in [-0.39, 0.29) is 5.41 Å². The molecule has 15 heavy (non-hydrogen) atoms. The topological polar surface area (TPSA) is 17.1 Å². The third-order valence-corrected chi connectivity index (χ3v) is 4.70. The van der Waals surface area contributed by atoms with E-state index in [1.807, 2.05) is 0 Å².